The Hall–Kier alpha value is -3.13. The van der Waals surface area contributed by atoms with Crippen LogP contribution in [0.25, 0.3) is 0 Å². The highest BCUT2D eigenvalue weighted by molar-refractivity contribution is 6.08. The molecule has 24 heavy (non-hydrogen) atoms. The molecule has 0 bridgehead atoms. The zero-order valence-electron chi connectivity index (χ0n) is 13.7. The molecule has 2 aromatic carbocycles. The second-order valence-corrected chi connectivity index (χ2v) is 5.74. The predicted molar refractivity (Wildman–Crippen MR) is 93.6 cm³/mol. The van der Waals surface area contributed by atoms with Gasteiger partial charge in [0.2, 0.25) is 11.8 Å². The minimum atomic E-state index is -0.406. The number of rotatable bonds is 5. The molecule has 0 atom stereocenters. The number of anilines is 2. The molecule has 0 aliphatic heterocycles. The topological polar surface area (TPSA) is 82.0 Å². The highest BCUT2D eigenvalue weighted by Crippen LogP contribution is 2.17. The molecule has 0 aliphatic carbocycles. The highest BCUT2D eigenvalue weighted by Gasteiger charge is 2.10. The molecule has 0 radical (unpaired) electrons. The van der Waals surface area contributed by atoms with Crippen molar-refractivity contribution in [3.8, 4) is 6.07 Å². The lowest BCUT2D eigenvalue weighted by molar-refractivity contribution is -0.123. The van der Waals surface area contributed by atoms with Crippen LogP contribution in [-0.4, -0.2) is 11.8 Å². The molecule has 0 heterocycles. The SMILES string of the molecule is CC(C)c1ccc(NC(=O)CC(=O)Nc2ccc(C#N)cc2)cc1. The highest BCUT2D eigenvalue weighted by atomic mass is 16.2. The lowest BCUT2D eigenvalue weighted by Gasteiger charge is -2.09. The van der Waals surface area contributed by atoms with Crippen molar-refractivity contribution < 1.29 is 9.59 Å². The van der Waals surface area contributed by atoms with Crippen LogP contribution in [0.5, 0.6) is 0 Å². The van der Waals surface area contributed by atoms with Gasteiger partial charge in [0.15, 0.2) is 0 Å². The molecule has 0 unspecified atom stereocenters. The van der Waals surface area contributed by atoms with Crippen LogP contribution < -0.4 is 10.6 Å². The van der Waals surface area contributed by atoms with E-state index in [1.165, 1.54) is 5.56 Å². The van der Waals surface area contributed by atoms with Gasteiger partial charge in [-0.15, -0.1) is 0 Å². The Labute approximate surface area is 141 Å². The number of hydrogen-bond acceptors (Lipinski definition) is 3. The summed E-state index contributed by atoms with van der Waals surface area (Å²) in [6.45, 7) is 4.20. The molecule has 0 aromatic heterocycles. The van der Waals surface area contributed by atoms with Crippen molar-refractivity contribution in [2.45, 2.75) is 26.2 Å². The molecule has 2 amide bonds. The molecule has 0 spiro atoms. The Balaban J connectivity index is 1.86. The van der Waals surface area contributed by atoms with E-state index < -0.39 is 5.91 Å². The summed E-state index contributed by atoms with van der Waals surface area (Å²) in [6, 6.07) is 16.0. The fraction of sp³-hybridized carbons (Fsp3) is 0.211. The molecule has 0 saturated carbocycles. The number of nitrogens with zero attached hydrogens (tertiary/aromatic N) is 1. The number of nitrogens with one attached hydrogen (secondary N) is 2. The summed E-state index contributed by atoms with van der Waals surface area (Å²) >= 11 is 0. The second-order valence-electron chi connectivity index (χ2n) is 5.74. The maximum absolute atomic E-state index is 11.9. The Kier molecular flexibility index (Phi) is 5.69. The monoisotopic (exact) mass is 321 g/mol. The number of hydrogen-bond donors (Lipinski definition) is 2. The molecule has 0 saturated heterocycles. The maximum Gasteiger partial charge on any atom is 0.233 e. The van der Waals surface area contributed by atoms with E-state index in [0.29, 0.717) is 22.9 Å². The van der Waals surface area contributed by atoms with Gasteiger partial charge < -0.3 is 10.6 Å². The van der Waals surface area contributed by atoms with Gasteiger partial charge in [0.25, 0.3) is 0 Å². The standard InChI is InChI=1S/C19H19N3O2/c1-13(2)15-5-9-17(10-6-15)22-19(24)11-18(23)21-16-7-3-14(12-20)4-8-16/h3-10,13H,11H2,1-2H3,(H,21,23)(H,22,24). The fourth-order valence-corrected chi connectivity index (χ4v) is 2.14. The molecular weight excluding hydrogens is 302 g/mol. The third-order valence-corrected chi connectivity index (χ3v) is 3.48. The van der Waals surface area contributed by atoms with Crippen LogP contribution in [0, 0.1) is 11.3 Å². The van der Waals surface area contributed by atoms with E-state index in [1.54, 1.807) is 24.3 Å². The van der Waals surface area contributed by atoms with E-state index in [4.69, 9.17) is 5.26 Å². The van der Waals surface area contributed by atoms with Gasteiger partial charge >= 0.3 is 0 Å². The van der Waals surface area contributed by atoms with Gasteiger partial charge in [0.1, 0.15) is 6.42 Å². The number of amides is 2. The molecule has 2 N–H and O–H groups in total. The molecule has 5 nitrogen and oxygen atoms in total. The summed E-state index contributed by atoms with van der Waals surface area (Å²) in [5, 5.41) is 14.1. The predicted octanol–water partition coefficient (Wildman–Crippen LogP) is 3.65. The van der Waals surface area contributed by atoms with Crippen LogP contribution in [0.2, 0.25) is 0 Å². The third-order valence-electron chi connectivity index (χ3n) is 3.48. The van der Waals surface area contributed by atoms with Crippen LogP contribution in [0.3, 0.4) is 0 Å². The van der Waals surface area contributed by atoms with Crippen LogP contribution in [0.1, 0.15) is 37.3 Å². The number of carbonyl (C=O) groups is 2. The van der Waals surface area contributed by atoms with Gasteiger partial charge in [0, 0.05) is 11.4 Å². The minimum Gasteiger partial charge on any atom is -0.326 e. The average molecular weight is 321 g/mol. The Morgan fingerprint density at radius 1 is 0.917 bits per heavy atom. The number of benzene rings is 2. The van der Waals surface area contributed by atoms with Crippen molar-refractivity contribution in [1.82, 2.24) is 0 Å². The largest absolute Gasteiger partial charge is 0.326 e. The van der Waals surface area contributed by atoms with Gasteiger partial charge in [-0.2, -0.15) is 5.26 Å². The van der Waals surface area contributed by atoms with Crippen LogP contribution >= 0.6 is 0 Å². The van der Waals surface area contributed by atoms with Gasteiger partial charge in [0.05, 0.1) is 11.6 Å². The maximum atomic E-state index is 11.9. The molecule has 0 aliphatic rings. The lowest BCUT2D eigenvalue weighted by atomic mass is 10.0. The van der Waals surface area contributed by atoms with Crippen molar-refractivity contribution in [3.63, 3.8) is 0 Å². The third kappa shape index (κ3) is 4.96. The first-order chi connectivity index (χ1) is 11.5. The molecule has 2 aromatic rings. The van der Waals surface area contributed by atoms with Gasteiger partial charge in [-0.05, 0) is 47.9 Å². The number of nitriles is 1. The summed E-state index contributed by atoms with van der Waals surface area (Å²) in [7, 11) is 0. The van der Waals surface area contributed by atoms with E-state index in [-0.39, 0.29) is 12.3 Å². The fourth-order valence-electron chi connectivity index (χ4n) is 2.14. The van der Waals surface area contributed by atoms with Gasteiger partial charge in [-0.3, -0.25) is 9.59 Å². The summed E-state index contributed by atoms with van der Waals surface area (Å²) in [5.74, 6) is -0.359. The van der Waals surface area contributed by atoms with E-state index >= 15 is 0 Å². The van der Waals surface area contributed by atoms with Crippen molar-refractivity contribution in [3.05, 3.63) is 59.7 Å². The van der Waals surface area contributed by atoms with E-state index in [1.807, 2.05) is 30.3 Å². The minimum absolute atomic E-state index is 0.272. The van der Waals surface area contributed by atoms with E-state index in [2.05, 4.69) is 24.5 Å². The number of carbonyl (C=O) groups excluding carboxylic acids is 2. The first-order valence-electron chi connectivity index (χ1n) is 7.68. The first kappa shape index (κ1) is 17.2. The zero-order chi connectivity index (χ0) is 17.5. The van der Waals surface area contributed by atoms with Crippen molar-refractivity contribution in [1.29, 1.82) is 5.26 Å². The molecular formula is C19H19N3O2. The molecule has 122 valence electrons. The van der Waals surface area contributed by atoms with Crippen LogP contribution in [0.15, 0.2) is 48.5 Å². The smallest absolute Gasteiger partial charge is 0.233 e. The molecule has 2 rings (SSSR count). The van der Waals surface area contributed by atoms with Crippen molar-refractivity contribution >= 4 is 23.2 Å². The summed E-state index contributed by atoms with van der Waals surface area (Å²) in [5.41, 5.74) is 2.91. The van der Waals surface area contributed by atoms with Crippen LogP contribution in [0.4, 0.5) is 11.4 Å². The normalized spacial score (nSPS) is 10.1. The van der Waals surface area contributed by atoms with Gasteiger partial charge in [-0.25, -0.2) is 0 Å². The summed E-state index contributed by atoms with van der Waals surface area (Å²) in [4.78, 5) is 23.8. The Morgan fingerprint density at radius 3 is 1.79 bits per heavy atom. The van der Waals surface area contributed by atoms with E-state index in [9.17, 15) is 9.59 Å². The molecule has 0 fully saturated rings. The quantitative estimate of drug-likeness (QED) is 0.825. The zero-order valence-corrected chi connectivity index (χ0v) is 13.7. The molecule has 5 heteroatoms. The Bertz CT molecular complexity index is 757. The summed E-state index contributed by atoms with van der Waals surface area (Å²) in [6.07, 6.45) is -0.272. The Morgan fingerprint density at radius 2 is 1.38 bits per heavy atom. The first-order valence-corrected chi connectivity index (χ1v) is 7.68. The average Bonchev–Trinajstić information content (AvgIpc) is 2.55. The van der Waals surface area contributed by atoms with Crippen molar-refractivity contribution in [2.24, 2.45) is 0 Å². The van der Waals surface area contributed by atoms with Crippen LogP contribution in [-0.2, 0) is 9.59 Å². The second kappa shape index (κ2) is 7.93. The van der Waals surface area contributed by atoms with Crippen molar-refractivity contribution in [2.75, 3.05) is 10.6 Å². The van der Waals surface area contributed by atoms with Gasteiger partial charge in [-0.1, -0.05) is 26.0 Å². The summed E-state index contributed by atoms with van der Waals surface area (Å²) < 4.78 is 0. The lowest BCUT2D eigenvalue weighted by Crippen LogP contribution is -2.21. The van der Waals surface area contributed by atoms with E-state index in [0.717, 1.165) is 0 Å².